The summed E-state index contributed by atoms with van der Waals surface area (Å²) in [5.74, 6) is -0.0813. The van der Waals surface area contributed by atoms with Gasteiger partial charge >= 0.3 is 6.09 Å². The molecule has 0 spiro atoms. The van der Waals surface area contributed by atoms with Gasteiger partial charge in [0.2, 0.25) is 0 Å². The van der Waals surface area contributed by atoms with Crippen molar-refractivity contribution in [1.29, 1.82) is 0 Å². The molecule has 0 heterocycles. The number of hydrogen-bond acceptors (Lipinski definition) is 4. The monoisotopic (exact) mass is 422 g/mol. The van der Waals surface area contributed by atoms with Gasteiger partial charge in [0.1, 0.15) is 11.4 Å². The number of carbonyl (C=O) groups excluding carboxylic acids is 3. The van der Waals surface area contributed by atoms with Crippen molar-refractivity contribution in [2.75, 3.05) is 11.9 Å². The highest BCUT2D eigenvalue weighted by atomic mass is 16.6. The maximum absolute atomic E-state index is 12.3. The summed E-state index contributed by atoms with van der Waals surface area (Å²) in [5.41, 5.74) is 1.33. The van der Waals surface area contributed by atoms with Gasteiger partial charge in [0.25, 0.3) is 5.91 Å². The van der Waals surface area contributed by atoms with Crippen LogP contribution in [0, 0.1) is 0 Å². The number of Topliss-reactive ketones (excluding diaryl/α,β-unsaturated/α-hetero) is 1. The second-order valence-corrected chi connectivity index (χ2v) is 8.09. The molecule has 0 saturated carbocycles. The lowest BCUT2D eigenvalue weighted by Crippen LogP contribution is -2.27. The Labute approximate surface area is 183 Å². The third-order valence-electron chi connectivity index (χ3n) is 4.19. The van der Waals surface area contributed by atoms with Crippen LogP contribution in [0.5, 0.6) is 0 Å². The van der Waals surface area contributed by atoms with E-state index in [2.05, 4.69) is 10.6 Å². The zero-order chi connectivity index (χ0) is 22.7. The van der Waals surface area contributed by atoms with Crippen molar-refractivity contribution in [3.63, 3.8) is 0 Å². The molecular formula is C25H30N2O4. The molecule has 6 nitrogen and oxygen atoms in total. The molecule has 2 amide bonds. The average Bonchev–Trinajstić information content (AvgIpc) is 2.71. The van der Waals surface area contributed by atoms with E-state index in [1.165, 1.54) is 0 Å². The van der Waals surface area contributed by atoms with E-state index in [0.717, 1.165) is 5.56 Å². The molecule has 0 bridgehead atoms. The maximum atomic E-state index is 12.3. The van der Waals surface area contributed by atoms with Crippen molar-refractivity contribution in [1.82, 2.24) is 5.32 Å². The van der Waals surface area contributed by atoms with E-state index in [0.29, 0.717) is 24.2 Å². The normalized spacial score (nSPS) is 11.2. The predicted molar refractivity (Wildman–Crippen MR) is 122 cm³/mol. The lowest BCUT2D eigenvalue weighted by molar-refractivity contribution is -0.117. The molecule has 2 aromatic carbocycles. The Bertz CT molecular complexity index is 915. The van der Waals surface area contributed by atoms with E-state index in [4.69, 9.17) is 4.74 Å². The number of nitrogens with one attached hydrogen (secondary N) is 2. The van der Waals surface area contributed by atoms with Crippen molar-refractivity contribution < 1.29 is 19.1 Å². The van der Waals surface area contributed by atoms with Gasteiger partial charge in [-0.15, -0.1) is 0 Å². The van der Waals surface area contributed by atoms with Crippen LogP contribution in [0.2, 0.25) is 0 Å². The molecule has 0 aliphatic carbocycles. The number of hydrogen-bond donors (Lipinski definition) is 2. The summed E-state index contributed by atoms with van der Waals surface area (Å²) in [6.07, 6.45) is 4.27. The van der Waals surface area contributed by atoms with E-state index in [-0.39, 0.29) is 24.5 Å². The molecule has 0 saturated heterocycles. The van der Waals surface area contributed by atoms with Crippen molar-refractivity contribution in [3.05, 3.63) is 77.9 Å². The first-order valence-corrected chi connectivity index (χ1v) is 10.3. The van der Waals surface area contributed by atoms with Gasteiger partial charge in [-0.3, -0.25) is 14.9 Å². The van der Waals surface area contributed by atoms with Crippen LogP contribution in [0.1, 0.15) is 49.5 Å². The van der Waals surface area contributed by atoms with E-state index in [9.17, 15) is 14.4 Å². The standard InChI is InChI=1S/C25H30N2O4/c1-25(2,3)31-24(30)27-22-16-10-9-14-20(22)18-21(28)15-8-5-11-17-26-23(29)19-12-6-4-7-13-19/h4-10,12-14,16H,11,15,17-18H2,1-3H3,(H,26,29)(H,27,30)/b8-5+. The Morgan fingerprint density at radius 3 is 2.32 bits per heavy atom. The molecule has 31 heavy (non-hydrogen) atoms. The second-order valence-electron chi connectivity index (χ2n) is 8.09. The van der Waals surface area contributed by atoms with Crippen molar-refractivity contribution in [3.8, 4) is 0 Å². The number of anilines is 1. The molecule has 0 aliphatic rings. The maximum Gasteiger partial charge on any atom is 0.412 e. The first kappa shape index (κ1) is 23.9. The summed E-state index contributed by atoms with van der Waals surface area (Å²) < 4.78 is 5.27. The zero-order valence-electron chi connectivity index (χ0n) is 18.3. The molecule has 0 fully saturated rings. The predicted octanol–water partition coefficient (Wildman–Crippen LogP) is 4.91. The van der Waals surface area contributed by atoms with E-state index >= 15 is 0 Å². The van der Waals surface area contributed by atoms with Crippen LogP contribution in [0.15, 0.2) is 66.7 Å². The fourth-order valence-corrected chi connectivity index (χ4v) is 2.79. The van der Waals surface area contributed by atoms with Crippen LogP contribution in [-0.4, -0.2) is 29.9 Å². The Hall–Kier alpha value is -3.41. The Morgan fingerprint density at radius 2 is 1.61 bits per heavy atom. The molecular weight excluding hydrogens is 392 g/mol. The summed E-state index contributed by atoms with van der Waals surface area (Å²) >= 11 is 0. The van der Waals surface area contributed by atoms with Gasteiger partial charge in [-0.05, 0) is 51.0 Å². The number of carbonyl (C=O) groups is 3. The second kappa shape index (κ2) is 11.7. The molecule has 0 radical (unpaired) electrons. The Kier molecular flexibility index (Phi) is 9.00. The third kappa shape index (κ3) is 9.30. The molecule has 164 valence electrons. The number of amides is 2. The minimum absolute atomic E-state index is 0.0306. The molecule has 6 heteroatoms. The molecule has 0 unspecified atom stereocenters. The van der Waals surface area contributed by atoms with Crippen molar-refractivity contribution in [2.24, 2.45) is 0 Å². The molecule has 2 N–H and O–H groups in total. The summed E-state index contributed by atoms with van der Waals surface area (Å²) in [6, 6.07) is 16.2. The highest BCUT2D eigenvalue weighted by Gasteiger charge is 2.17. The molecule has 0 aliphatic heterocycles. The van der Waals surface area contributed by atoms with Gasteiger partial charge in [0, 0.05) is 30.6 Å². The largest absolute Gasteiger partial charge is 0.444 e. The highest BCUT2D eigenvalue weighted by Crippen LogP contribution is 2.18. The third-order valence-corrected chi connectivity index (χ3v) is 4.19. The quantitative estimate of drug-likeness (QED) is 0.444. The minimum atomic E-state index is -0.597. The van der Waals surface area contributed by atoms with Crippen LogP contribution >= 0.6 is 0 Å². The highest BCUT2D eigenvalue weighted by molar-refractivity contribution is 5.94. The van der Waals surface area contributed by atoms with Crippen LogP contribution in [0.3, 0.4) is 0 Å². The Balaban J connectivity index is 1.76. The van der Waals surface area contributed by atoms with Crippen LogP contribution in [0.25, 0.3) is 0 Å². The van der Waals surface area contributed by atoms with Gasteiger partial charge in [-0.1, -0.05) is 48.6 Å². The summed E-state index contributed by atoms with van der Waals surface area (Å²) in [7, 11) is 0. The number of allylic oxidation sites excluding steroid dienone is 1. The summed E-state index contributed by atoms with van der Waals surface area (Å²) in [5, 5.41) is 5.55. The number of para-hydroxylation sites is 1. The average molecular weight is 423 g/mol. The Morgan fingerprint density at radius 1 is 0.935 bits per heavy atom. The molecule has 2 aromatic rings. The van der Waals surface area contributed by atoms with E-state index in [1.54, 1.807) is 51.1 Å². The van der Waals surface area contributed by atoms with Crippen molar-refractivity contribution >= 4 is 23.5 Å². The van der Waals surface area contributed by atoms with Crippen LogP contribution in [-0.2, 0) is 16.0 Å². The first-order valence-electron chi connectivity index (χ1n) is 10.3. The van der Waals surface area contributed by atoms with Gasteiger partial charge in [0.15, 0.2) is 0 Å². The first-order chi connectivity index (χ1) is 14.7. The SMILES string of the molecule is CC(C)(C)OC(=O)Nc1ccccc1CC(=O)C/C=C/CCNC(=O)c1ccccc1. The smallest absolute Gasteiger partial charge is 0.412 e. The van der Waals surface area contributed by atoms with E-state index in [1.807, 2.05) is 36.4 Å². The zero-order valence-corrected chi connectivity index (χ0v) is 18.3. The molecule has 2 rings (SSSR count). The summed E-state index contributed by atoms with van der Waals surface area (Å²) in [4.78, 5) is 36.3. The van der Waals surface area contributed by atoms with Gasteiger partial charge < -0.3 is 10.1 Å². The topological polar surface area (TPSA) is 84.5 Å². The van der Waals surface area contributed by atoms with E-state index < -0.39 is 11.7 Å². The van der Waals surface area contributed by atoms with Crippen LogP contribution in [0.4, 0.5) is 10.5 Å². The number of ether oxygens (including phenoxy) is 1. The fraction of sp³-hybridized carbons (Fsp3) is 0.320. The fourth-order valence-electron chi connectivity index (χ4n) is 2.79. The van der Waals surface area contributed by atoms with Gasteiger partial charge in [0.05, 0.1) is 0 Å². The number of benzene rings is 2. The van der Waals surface area contributed by atoms with Crippen LogP contribution < -0.4 is 10.6 Å². The minimum Gasteiger partial charge on any atom is -0.444 e. The molecule has 0 atom stereocenters. The molecule has 0 aromatic heterocycles. The summed E-state index contributed by atoms with van der Waals surface area (Å²) in [6.45, 7) is 5.88. The number of rotatable bonds is 9. The number of ketones is 1. The lowest BCUT2D eigenvalue weighted by atomic mass is 10.0. The lowest BCUT2D eigenvalue weighted by Gasteiger charge is -2.20. The van der Waals surface area contributed by atoms with Gasteiger partial charge in [-0.2, -0.15) is 0 Å². The van der Waals surface area contributed by atoms with Crippen molar-refractivity contribution in [2.45, 2.75) is 45.6 Å². The van der Waals surface area contributed by atoms with Gasteiger partial charge in [-0.25, -0.2) is 4.79 Å².